The minimum atomic E-state index is -1.45. The SMILES string of the molecule is O=C(NCC[C@H](O)C(=O)O)NN1CCOCC1. The Labute approximate surface area is 98.5 Å². The molecule has 98 valence electrons. The molecule has 1 aliphatic heterocycles. The van der Waals surface area contributed by atoms with Crippen LogP contribution in [0.15, 0.2) is 0 Å². The van der Waals surface area contributed by atoms with Crippen LogP contribution in [0, 0.1) is 0 Å². The fraction of sp³-hybridized carbons (Fsp3) is 0.778. The summed E-state index contributed by atoms with van der Waals surface area (Å²) in [6.07, 6.45) is -1.47. The van der Waals surface area contributed by atoms with Crippen LogP contribution < -0.4 is 10.7 Å². The van der Waals surface area contributed by atoms with Crippen LogP contribution in [-0.4, -0.2) is 66.2 Å². The summed E-state index contributed by atoms with van der Waals surface area (Å²) < 4.78 is 5.11. The van der Waals surface area contributed by atoms with Crippen molar-refractivity contribution < 1.29 is 24.5 Å². The van der Waals surface area contributed by atoms with Crippen LogP contribution in [0.25, 0.3) is 0 Å². The van der Waals surface area contributed by atoms with E-state index in [0.717, 1.165) is 0 Å². The molecule has 8 nitrogen and oxygen atoms in total. The standard InChI is InChI=1S/C9H17N3O5/c13-7(8(14)15)1-2-10-9(16)11-12-3-5-17-6-4-12/h7,13H,1-6H2,(H,14,15)(H2,10,11,16)/t7-/m0/s1. The van der Waals surface area contributed by atoms with E-state index in [-0.39, 0.29) is 13.0 Å². The van der Waals surface area contributed by atoms with Gasteiger partial charge >= 0.3 is 12.0 Å². The molecule has 0 spiro atoms. The van der Waals surface area contributed by atoms with Gasteiger partial charge < -0.3 is 20.3 Å². The molecule has 17 heavy (non-hydrogen) atoms. The van der Waals surface area contributed by atoms with Gasteiger partial charge in [0.2, 0.25) is 0 Å². The second kappa shape index (κ2) is 7.05. The Morgan fingerprint density at radius 3 is 2.59 bits per heavy atom. The fourth-order valence-electron chi connectivity index (χ4n) is 1.30. The number of rotatable bonds is 5. The van der Waals surface area contributed by atoms with E-state index in [1.165, 1.54) is 0 Å². The Morgan fingerprint density at radius 2 is 2.00 bits per heavy atom. The molecule has 1 atom stereocenters. The van der Waals surface area contributed by atoms with Crippen LogP contribution in [0.1, 0.15) is 6.42 Å². The molecule has 1 heterocycles. The number of hydrazine groups is 1. The average molecular weight is 247 g/mol. The molecule has 4 N–H and O–H groups in total. The molecular formula is C9H17N3O5. The van der Waals surface area contributed by atoms with Crippen molar-refractivity contribution in [2.24, 2.45) is 0 Å². The van der Waals surface area contributed by atoms with E-state index in [4.69, 9.17) is 14.9 Å². The number of carboxylic acids is 1. The molecule has 2 amide bonds. The highest BCUT2D eigenvalue weighted by Crippen LogP contribution is 1.92. The number of aliphatic carboxylic acids is 1. The maximum Gasteiger partial charge on any atom is 0.332 e. The van der Waals surface area contributed by atoms with Crippen molar-refractivity contribution in [1.82, 2.24) is 15.8 Å². The quantitative estimate of drug-likeness (QED) is 0.464. The summed E-state index contributed by atoms with van der Waals surface area (Å²) in [5, 5.41) is 21.5. The average Bonchev–Trinajstić information content (AvgIpc) is 2.30. The normalized spacial score (nSPS) is 18.4. The molecule has 0 aromatic heterocycles. The third-order valence-corrected chi connectivity index (χ3v) is 2.26. The van der Waals surface area contributed by atoms with Gasteiger partial charge in [-0.25, -0.2) is 14.6 Å². The first-order valence-electron chi connectivity index (χ1n) is 5.37. The first kappa shape index (κ1) is 13.7. The lowest BCUT2D eigenvalue weighted by atomic mass is 10.2. The molecule has 0 aromatic carbocycles. The Hall–Kier alpha value is -1.38. The second-order valence-electron chi connectivity index (χ2n) is 3.61. The Bertz CT molecular complexity index is 267. The van der Waals surface area contributed by atoms with Crippen molar-refractivity contribution in [2.45, 2.75) is 12.5 Å². The summed E-state index contributed by atoms with van der Waals surface area (Å²) >= 11 is 0. The molecule has 0 aromatic rings. The molecule has 0 saturated carbocycles. The summed E-state index contributed by atoms with van der Waals surface area (Å²) in [6.45, 7) is 2.47. The van der Waals surface area contributed by atoms with Crippen LogP contribution in [0.2, 0.25) is 0 Å². The van der Waals surface area contributed by atoms with Crippen LogP contribution in [-0.2, 0) is 9.53 Å². The molecule has 1 rings (SSSR count). The number of morpholine rings is 1. The summed E-state index contributed by atoms with van der Waals surface area (Å²) in [5.74, 6) is -1.29. The molecule has 0 aliphatic carbocycles. The number of aliphatic hydroxyl groups excluding tert-OH is 1. The predicted octanol–water partition coefficient (Wildman–Crippen LogP) is -1.63. The van der Waals surface area contributed by atoms with Crippen molar-refractivity contribution in [3.8, 4) is 0 Å². The van der Waals surface area contributed by atoms with Gasteiger partial charge in [0.1, 0.15) is 0 Å². The van der Waals surface area contributed by atoms with Gasteiger partial charge in [0.25, 0.3) is 0 Å². The van der Waals surface area contributed by atoms with Gasteiger partial charge in [-0.05, 0) is 0 Å². The molecule has 1 fully saturated rings. The van der Waals surface area contributed by atoms with Gasteiger partial charge in [-0.2, -0.15) is 0 Å². The number of hydrogen-bond donors (Lipinski definition) is 4. The largest absolute Gasteiger partial charge is 0.479 e. The van der Waals surface area contributed by atoms with Gasteiger partial charge in [0, 0.05) is 26.1 Å². The van der Waals surface area contributed by atoms with Crippen LogP contribution in [0.4, 0.5) is 4.79 Å². The zero-order valence-corrected chi connectivity index (χ0v) is 9.39. The van der Waals surface area contributed by atoms with Crippen molar-refractivity contribution >= 4 is 12.0 Å². The smallest absolute Gasteiger partial charge is 0.332 e. The van der Waals surface area contributed by atoms with Crippen LogP contribution in [0.5, 0.6) is 0 Å². The number of carbonyl (C=O) groups excluding carboxylic acids is 1. The molecule has 1 aliphatic rings. The molecule has 0 unspecified atom stereocenters. The third kappa shape index (κ3) is 5.48. The van der Waals surface area contributed by atoms with E-state index in [1.807, 2.05) is 0 Å². The zero-order chi connectivity index (χ0) is 12.7. The maximum absolute atomic E-state index is 11.3. The Balaban J connectivity index is 2.10. The van der Waals surface area contributed by atoms with Gasteiger partial charge in [0.05, 0.1) is 13.2 Å². The monoisotopic (exact) mass is 247 g/mol. The lowest BCUT2D eigenvalue weighted by Crippen LogP contribution is -2.52. The van der Waals surface area contributed by atoms with Crippen molar-refractivity contribution in [1.29, 1.82) is 0 Å². The van der Waals surface area contributed by atoms with Crippen molar-refractivity contribution in [2.75, 3.05) is 32.8 Å². The fourth-order valence-corrected chi connectivity index (χ4v) is 1.30. The number of nitrogens with zero attached hydrogens (tertiary/aromatic N) is 1. The Kier molecular flexibility index (Phi) is 5.67. The van der Waals surface area contributed by atoms with E-state index in [0.29, 0.717) is 26.3 Å². The first-order chi connectivity index (χ1) is 8.09. The summed E-state index contributed by atoms with van der Waals surface area (Å²) in [4.78, 5) is 21.6. The number of nitrogens with one attached hydrogen (secondary N) is 2. The molecule has 1 saturated heterocycles. The number of carbonyl (C=O) groups is 2. The van der Waals surface area contributed by atoms with E-state index in [9.17, 15) is 9.59 Å². The summed E-state index contributed by atoms with van der Waals surface area (Å²) in [7, 11) is 0. The number of ether oxygens (including phenoxy) is 1. The van der Waals surface area contributed by atoms with Crippen LogP contribution >= 0.6 is 0 Å². The highest BCUT2D eigenvalue weighted by molar-refractivity contribution is 5.74. The van der Waals surface area contributed by atoms with E-state index in [1.54, 1.807) is 5.01 Å². The number of aliphatic hydroxyl groups is 1. The van der Waals surface area contributed by atoms with E-state index < -0.39 is 18.1 Å². The third-order valence-electron chi connectivity index (χ3n) is 2.26. The molecular weight excluding hydrogens is 230 g/mol. The topological polar surface area (TPSA) is 111 Å². The lowest BCUT2D eigenvalue weighted by molar-refractivity contribution is -0.146. The lowest BCUT2D eigenvalue weighted by Gasteiger charge is -2.26. The van der Waals surface area contributed by atoms with Gasteiger partial charge in [-0.3, -0.25) is 5.43 Å². The number of urea groups is 1. The summed E-state index contributed by atoms with van der Waals surface area (Å²) in [5.41, 5.74) is 2.60. The van der Waals surface area contributed by atoms with E-state index >= 15 is 0 Å². The second-order valence-corrected chi connectivity index (χ2v) is 3.61. The minimum absolute atomic E-state index is 0.0220. The number of hydrogen-bond acceptors (Lipinski definition) is 5. The summed E-state index contributed by atoms with van der Waals surface area (Å²) in [6, 6.07) is -0.413. The molecule has 0 bridgehead atoms. The minimum Gasteiger partial charge on any atom is -0.479 e. The van der Waals surface area contributed by atoms with E-state index in [2.05, 4.69) is 10.7 Å². The highest BCUT2D eigenvalue weighted by Gasteiger charge is 2.15. The van der Waals surface area contributed by atoms with Gasteiger partial charge in [-0.15, -0.1) is 0 Å². The number of amides is 2. The molecule has 8 heteroatoms. The Morgan fingerprint density at radius 1 is 1.35 bits per heavy atom. The molecule has 0 radical (unpaired) electrons. The highest BCUT2D eigenvalue weighted by atomic mass is 16.5. The zero-order valence-electron chi connectivity index (χ0n) is 9.39. The number of carboxylic acid groups (broad SMARTS) is 1. The van der Waals surface area contributed by atoms with Crippen molar-refractivity contribution in [3.63, 3.8) is 0 Å². The van der Waals surface area contributed by atoms with Gasteiger partial charge in [-0.1, -0.05) is 0 Å². The predicted molar refractivity (Wildman–Crippen MR) is 57.2 cm³/mol. The van der Waals surface area contributed by atoms with Crippen LogP contribution in [0.3, 0.4) is 0 Å². The van der Waals surface area contributed by atoms with Gasteiger partial charge in [0.15, 0.2) is 6.10 Å². The first-order valence-corrected chi connectivity index (χ1v) is 5.37. The van der Waals surface area contributed by atoms with Crippen molar-refractivity contribution in [3.05, 3.63) is 0 Å². The maximum atomic E-state index is 11.3.